The smallest absolute Gasteiger partial charge is 0.192 e. The topological polar surface area (TPSA) is 54.0 Å². The Morgan fingerprint density at radius 2 is 1.45 bits per heavy atom. The van der Waals surface area contributed by atoms with Crippen LogP contribution >= 0.6 is 11.8 Å². The van der Waals surface area contributed by atoms with Crippen LogP contribution < -0.4 is 0 Å². The van der Waals surface area contributed by atoms with Gasteiger partial charge in [-0.05, 0) is 92.5 Å². The van der Waals surface area contributed by atoms with Crippen molar-refractivity contribution < 1.29 is 23.1 Å². The van der Waals surface area contributed by atoms with Crippen LogP contribution in [0.2, 0.25) is 36.3 Å². The molecule has 8 heteroatoms. The molecule has 0 amide bonds. The Bertz CT molecular complexity index is 788. The van der Waals surface area contributed by atoms with E-state index in [-0.39, 0.29) is 34.3 Å². The molecule has 0 aliphatic heterocycles. The molecule has 0 heterocycles. The molecule has 5 nitrogen and oxygen atoms in total. The van der Waals surface area contributed by atoms with E-state index in [0.717, 1.165) is 38.6 Å². The van der Waals surface area contributed by atoms with Gasteiger partial charge in [0.2, 0.25) is 0 Å². The van der Waals surface area contributed by atoms with E-state index in [2.05, 4.69) is 102 Å². The largest absolute Gasteiger partial charge is 0.417 e. The summed E-state index contributed by atoms with van der Waals surface area (Å²) < 4.78 is 25.7. The molecule has 0 saturated carbocycles. The number of methoxy groups -OCH3 is 1. The standard InChI is InChI=1S/C34H70O5SSi2/c1-26(22-24-38-41(13,14)33(5,6)7)17-18-27(2)30(36-11)20-19-28(3)32(39-42(15,16)34(8,9)10)29(4)31(21-23-35)37-25-40-12/h18,23,26,28-32H,17,19-22,24-25H2,1-16H3/b27-18+/t26-,28-,29-,30+,31-,32-/m1/s1. The molecule has 0 aromatic heterocycles. The van der Waals surface area contributed by atoms with Gasteiger partial charge in [-0.3, -0.25) is 0 Å². The number of rotatable bonds is 21. The van der Waals surface area contributed by atoms with Gasteiger partial charge < -0.3 is 23.1 Å². The van der Waals surface area contributed by atoms with Gasteiger partial charge in [-0.1, -0.05) is 68.4 Å². The number of allylic oxidation sites excluding steroid dienone is 1. The first kappa shape index (κ1) is 42.0. The number of hydrogen-bond acceptors (Lipinski definition) is 6. The fourth-order valence-corrected chi connectivity index (χ4v) is 7.49. The van der Waals surface area contributed by atoms with Crippen LogP contribution in [-0.4, -0.2) is 67.1 Å². The summed E-state index contributed by atoms with van der Waals surface area (Å²) in [5.74, 6) is 1.57. The lowest BCUT2D eigenvalue weighted by Gasteiger charge is -2.44. The fraction of sp³-hybridized carbons (Fsp3) is 0.912. The predicted octanol–water partition coefficient (Wildman–Crippen LogP) is 10.1. The van der Waals surface area contributed by atoms with Crippen molar-refractivity contribution in [3.8, 4) is 0 Å². The Balaban J connectivity index is 5.48. The van der Waals surface area contributed by atoms with E-state index < -0.39 is 16.6 Å². The van der Waals surface area contributed by atoms with E-state index in [4.69, 9.17) is 18.3 Å². The van der Waals surface area contributed by atoms with Crippen LogP contribution in [0.4, 0.5) is 0 Å². The Morgan fingerprint density at radius 1 is 0.881 bits per heavy atom. The molecule has 0 aromatic carbocycles. The summed E-state index contributed by atoms with van der Waals surface area (Å²) in [5, 5.41) is 0.352. The number of carbonyl (C=O) groups excluding carboxylic acids is 1. The third-order valence-corrected chi connectivity index (χ3v) is 19.4. The zero-order chi connectivity index (χ0) is 32.9. The SMILES string of the molecule is CO[C@@H](CC[C@@H](C)[C@@H](O[Si](C)(C)C(C)(C)C)[C@H](C)[C@@H](CC=O)OCSC)/C(C)=C/C[C@@H](C)CCO[Si](C)(C)C(C)(C)C. The molecule has 0 aliphatic rings. The normalized spacial score (nSPS) is 18.3. The average molecular weight is 647 g/mol. The van der Waals surface area contributed by atoms with Gasteiger partial charge in [0.15, 0.2) is 16.6 Å². The summed E-state index contributed by atoms with van der Waals surface area (Å²) in [7, 11) is -1.91. The lowest BCUT2D eigenvalue weighted by Crippen LogP contribution is -2.49. The first-order valence-electron chi connectivity index (χ1n) is 16.2. The molecule has 0 aromatic rings. The van der Waals surface area contributed by atoms with Gasteiger partial charge in [-0.2, -0.15) is 0 Å². The maximum atomic E-state index is 11.6. The minimum absolute atomic E-state index is 0.0143. The van der Waals surface area contributed by atoms with E-state index in [0.29, 0.717) is 24.2 Å². The third-order valence-electron chi connectivity index (χ3n) is 10.0. The molecule has 0 N–H and O–H groups in total. The maximum Gasteiger partial charge on any atom is 0.192 e. The Hall–Kier alpha value is 0.0338. The van der Waals surface area contributed by atoms with Crippen LogP contribution in [0, 0.1) is 17.8 Å². The molecule has 6 atom stereocenters. The van der Waals surface area contributed by atoms with Crippen LogP contribution in [-0.2, 0) is 23.1 Å². The molecule has 250 valence electrons. The van der Waals surface area contributed by atoms with Crippen molar-refractivity contribution in [3.63, 3.8) is 0 Å². The highest BCUT2D eigenvalue weighted by Gasteiger charge is 2.43. The monoisotopic (exact) mass is 646 g/mol. The predicted molar refractivity (Wildman–Crippen MR) is 190 cm³/mol. The van der Waals surface area contributed by atoms with Crippen molar-refractivity contribution in [2.75, 3.05) is 25.9 Å². The first-order chi connectivity index (χ1) is 19.1. The highest BCUT2D eigenvalue weighted by molar-refractivity contribution is 7.98. The Morgan fingerprint density at radius 3 is 1.93 bits per heavy atom. The summed E-state index contributed by atoms with van der Waals surface area (Å²) in [6.07, 6.45) is 9.79. The second-order valence-electron chi connectivity index (χ2n) is 15.7. The second kappa shape index (κ2) is 18.9. The Labute approximate surface area is 268 Å². The van der Waals surface area contributed by atoms with Crippen LogP contribution in [0.25, 0.3) is 0 Å². The number of thioether (sulfide) groups is 1. The molecule has 0 spiro atoms. The van der Waals surface area contributed by atoms with Crippen molar-refractivity contribution >= 4 is 34.7 Å². The zero-order valence-electron chi connectivity index (χ0n) is 30.5. The lowest BCUT2D eigenvalue weighted by atomic mass is 9.85. The summed E-state index contributed by atoms with van der Waals surface area (Å²) in [6, 6.07) is 0. The molecule has 42 heavy (non-hydrogen) atoms. The van der Waals surface area contributed by atoms with Crippen molar-refractivity contribution in [2.45, 2.75) is 156 Å². The molecule has 0 aliphatic carbocycles. The van der Waals surface area contributed by atoms with Crippen molar-refractivity contribution in [1.29, 1.82) is 0 Å². The maximum absolute atomic E-state index is 11.6. The molecular weight excluding hydrogens is 577 g/mol. The van der Waals surface area contributed by atoms with E-state index >= 15 is 0 Å². The van der Waals surface area contributed by atoms with E-state index in [1.165, 1.54) is 5.57 Å². The van der Waals surface area contributed by atoms with E-state index in [1.54, 1.807) is 11.8 Å². The number of hydrogen-bond donors (Lipinski definition) is 0. The van der Waals surface area contributed by atoms with Crippen LogP contribution in [0.1, 0.15) is 101 Å². The van der Waals surface area contributed by atoms with Gasteiger partial charge in [-0.25, -0.2) is 0 Å². The van der Waals surface area contributed by atoms with Crippen molar-refractivity contribution in [2.24, 2.45) is 17.8 Å². The molecule has 0 saturated heterocycles. The molecule has 0 rings (SSSR count). The molecule has 0 radical (unpaired) electrons. The van der Waals surface area contributed by atoms with E-state index in [9.17, 15) is 4.79 Å². The van der Waals surface area contributed by atoms with Gasteiger partial charge in [0, 0.05) is 26.1 Å². The molecule has 0 bridgehead atoms. The number of aldehydes is 1. The third kappa shape index (κ3) is 14.4. The van der Waals surface area contributed by atoms with Gasteiger partial charge in [0.05, 0.1) is 24.3 Å². The highest BCUT2D eigenvalue weighted by Crippen LogP contribution is 2.41. The van der Waals surface area contributed by atoms with Crippen molar-refractivity contribution in [1.82, 2.24) is 0 Å². The van der Waals surface area contributed by atoms with Gasteiger partial charge in [0.25, 0.3) is 0 Å². The molecule has 0 unspecified atom stereocenters. The Kier molecular flexibility index (Phi) is 18.9. The zero-order valence-corrected chi connectivity index (χ0v) is 33.3. The summed E-state index contributed by atoms with van der Waals surface area (Å²) in [4.78, 5) is 11.6. The van der Waals surface area contributed by atoms with Crippen LogP contribution in [0.15, 0.2) is 11.6 Å². The van der Waals surface area contributed by atoms with Crippen LogP contribution in [0.5, 0.6) is 0 Å². The minimum Gasteiger partial charge on any atom is -0.417 e. The van der Waals surface area contributed by atoms with Gasteiger partial charge in [-0.15, -0.1) is 11.8 Å². The van der Waals surface area contributed by atoms with Gasteiger partial charge >= 0.3 is 0 Å². The highest BCUT2D eigenvalue weighted by atomic mass is 32.2. The second-order valence-corrected chi connectivity index (χ2v) is 26.1. The van der Waals surface area contributed by atoms with Crippen molar-refractivity contribution in [3.05, 3.63) is 11.6 Å². The summed E-state index contributed by atoms with van der Waals surface area (Å²) >= 11 is 1.65. The summed E-state index contributed by atoms with van der Waals surface area (Å²) in [6.45, 7) is 32.9. The molecule has 0 fully saturated rings. The van der Waals surface area contributed by atoms with E-state index in [1.807, 2.05) is 13.4 Å². The molecular formula is C34H70O5SSi2. The minimum atomic E-state index is -2.04. The van der Waals surface area contributed by atoms with Gasteiger partial charge in [0.1, 0.15) is 6.29 Å². The quantitative estimate of drug-likeness (QED) is 0.0535. The van der Waals surface area contributed by atoms with Crippen LogP contribution in [0.3, 0.4) is 0 Å². The fourth-order valence-electron chi connectivity index (χ4n) is 4.63. The first-order valence-corrected chi connectivity index (χ1v) is 23.4. The number of ether oxygens (including phenoxy) is 2. The lowest BCUT2D eigenvalue weighted by molar-refractivity contribution is -0.112. The number of carbonyl (C=O) groups is 1. The summed E-state index contributed by atoms with van der Waals surface area (Å²) in [5.41, 5.74) is 1.30. The average Bonchev–Trinajstić information content (AvgIpc) is 2.86.